The van der Waals surface area contributed by atoms with Crippen LogP contribution < -0.4 is 10.6 Å². The van der Waals surface area contributed by atoms with Gasteiger partial charge in [0.15, 0.2) is 5.69 Å². The predicted octanol–water partition coefficient (Wildman–Crippen LogP) is 4.08. The number of fused-ring (bicyclic) bond motifs is 1. The summed E-state index contributed by atoms with van der Waals surface area (Å²) in [7, 11) is 5.49. The molecule has 0 saturated heterocycles. The highest BCUT2D eigenvalue weighted by molar-refractivity contribution is 9.10. The number of aromatic nitrogens is 5. The summed E-state index contributed by atoms with van der Waals surface area (Å²) in [6.45, 7) is 0.975. The summed E-state index contributed by atoms with van der Waals surface area (Å²) in [5.74, 6) is -0.194. The van der Waals surface area contributed by atoms with E-state index < -0.39 is 4.92 Å². The van der Waals surface area contributed by atoms with Crippen molar-refractivity contribution in [2.45, 2.75) is 6.54 Å². The molecular weight excluding hydrogens is 561 g/mol. The highest BCUT2D eigenvalue weighted by atomic mass is 79.9. The van der Waals surface area contributed by atoms with Crippen LogP contribution in [0.25, 0.3) is 10.9 Å². The number of rotatable bonds is 9. The van der Waals surface area contributed by atoms with Gasteiger partial charge in [-0.1, -0.05) is 4.98 Å². The molecule has 0 unspecified atom stereocenters. The molecule has 3 aromatic heterocycles. The van der Waals surface area contributed by atoms with E-state index in [0.717, 1.165) is 0 Å². The molecule has 0 radical (unpaired) electrons. The number of hydrogen-bond donors (Lipinski definition) is 2. The third-order valence-corrected chi connectivity index (χ3v) is 6.25. The van der Waals surface area contributed by atoms with E-state index in [1.807, 2.05) is 14.1 Å². The Kier molecular flexibility index (Phi) is 7.73. The Labute approximate surface area is 225 Å². The molecule has 1 aromatic carbocycles. The molecule has 2 N–H and O–H groups in total. The molecule has 0 atom stereocenters. The molecule has 0 saturated carbocycles. The second-order valence-corrected chi connectivity index (χ2v) is 9.95. The number of hydrogen-bond acceptors (Lipinski definition) is 8. The van der Waals surface area contributed by atoms with Gasteiger partial charge in [0, 0.05) is 17.1 Å². The van der Waals surface area contributed by atoms with Crippen LogP contribution in [0.2, 0.25) is 0 Å². The molecule has 0 spiro atoms. The van der Waals surface area contributed by atoms with Crippen LogP contribution >= 0.6 is 15.9 Å². The molecule has 14 heteroatoms. The van der Waals surface area contributed by atoms with Gasteiger partial charge in [-0.25, -0.2) is 23.9 Å². The zero-order valence-electron chi connectivity index (χ0n) is 20.7. The number of nitro groups is 1. The molecule has 4 aromatic rings. The lowest BCUT2D eigenvalue weighted by Gasteiger charge is -2.27. The minimum atomic E-state index is -0.526. The topological polar surface area (TPSA) is 141 Å². The number of nitrogens with zero attached hydrogens (tertiary/aromatic N) is 7. The maximum Gasteiger partial charge on any atom is 0.434 e. The van der Waals surface area contributed by atoms with Crippen LogP contribution in [0.3, 0.4) is 0 Å². The Morgan fingerprint density at radius 3 is 2.71 bits per heavy atom. The normalized spacial score (nSPS) is 11.7. The predicted molar refractivity (Wildman–Crippen MR) is 143 cm³/mol. The van der Waals surface area contributed by atoms with Gasteiger partial charge in [-0.15, -0.1) is 0 Å². The second kappa shape index (κ2) is 11.0. The second-order valence-electron chi connectivity index (χ2n) is 9.10. The molecule has 0 bridgehead atoms. The Morgan fingerprint density at radius 2 is 2.00 bits per heavy atom. The average molecular weight is 585 g/mol. The monoisotopic (exact) mass is 584 g/mol. The number of quaternary nitrogens is 1. The molecule has 4 rings (SSSR count). The van der Waals surface area contributed by atoms with E-state index in [0.29, 0.717) is 56.0 Å². The highest BCUT2D eigenvalue weighted by Gasteiger charge is 2.24. The summed E-state index contributed by atoms with van der Waals surface area (Å²) < 4.78 is 15.8. The van der Waals surface area contributed by atoms with Crippen molar-refractivity contribution in [2.24, 2.45) is 7.05 Å². The van der Waals surface area contributed by atoms with Crippen LogP contribution in [-0.4, -0.2) is 60.5 Å². The van der Waals surface area contributed by atoms with Gasteiger partial charge in [0.05, 0.1) is 43.9 Å². The maximum atomic E-state index is 13.6. The Balaban J connectivity index is 1.42. The van der Waals surface area contributed by atoms with Crippen LogP contribution in [0, 0.1) is 15.9 Å². The van der Waals surface area contributed by atoms with Gasteiger partial charge >= 0.3 is 5.95 Å². The van der Waals surface area contributed by atoms with Gasteiger partial charge in [-0.05, 0) is 51.2 Å². The van der Waals surface area contributed by atoms with Crippen LogP contribution in [0.15, 0.2) is 59.6 Å². The van der Waals surface area contributed by atoms with Gasteiger partial charge in [0.2, 0.25) is 5.91 Å². The van der Waals surface area contributed by atoms with Gasteiger partial charge < -0.3 is 25.2 Å². The van der Waals surface area contributed by atoms with E-state index in [1.54, 1.807) is 31.3 Å². The lowest BCUT2D eigenvalue weighted by atomic mass is 10.2. The lowest BCUT2D eigenvalue weighted by molar-refractivity contribution is -0.898. The van der Waals surface area contributed by atoms with E-state index in [4.69, 9.17) is 0 Å². The minimum absolute atomic E-state index is 0.216. The third kappa shape index (κ3) is 6.33. The van der Waals surface area contributed by atoms with Crippen molar-refractivity contribution in [3.05, 3.63) is 81.2 Å². The molecule has 12 nitrogen and oxygen atoms in total. The number of likely N-dealkylation sites (N-methyl/N-ethyl adjacent to an activating group) is 1. The number of halogens is 2. The van der Waals surface area contributed by atoms with E-state index in [1.165, 1.54) is 35.4 Å². The fourth-order valence-corrected chi connectivity index (χ4v) is 4.08. The van der Waals surface area contributed by atoms with E-state index in [9.17, 15) is 19.3 Å². The Morgan fingerprint density at radius 1 is 1.21 bits per heavy atom. The third-order valence-electron chi connectivity index (χ3n) is 5.64. The van der Waals surface area contributed by atoms with Gasteiger partial charge in [-0.3, -0.25) is 4.79 Å². The Hall–Kier alpha value is -4.30. The number of imidazole rings is 1. The first kappa shape index (κ1) is 26.8. The number of carbonyl (C=O) groups excluding carboxylic acids is 1. The smallest absolute Gasteiger partial charge is 0.390 e. The van der Waals surface area contributed by atoms with Crippen LogP contribution in [0.1, 0.15) is 5.69 Å². The Bertz CT molecular complexity index is 1550. The van der Waals surface area contributed by atoms with Gasteiger partial charge in [-0.2, -0.15) is 0 Å². The van der Waals surface area contributed by atoms with E-state index >= 15 is 0 Å². The van der Waals surface area contributed by atoms with Crippen molar-refractivity contribution in [2.75, 3.05) is 31.3 Å². The van der Waals surface area contributed by atoms with Gasteiger partial charge in [0.1, 0.15) is 36.5 Å². The number of amides is 1. The molecule has 0 fully saturated rings. The summed E-state index contributed by atoms with van der Waals surface area (Å²) in [6.07, 6.45) is 7.53. The van der Waals surface area contributed by atoms with Crippen molar-refractivity contribution in [1.29, 1.82) is 0 Å². The molecule has 196 valence electrons. The van der Waals surface area contributed by atoms with Crippen molar-refractivity contribution in [3.63, 3.8) is 0 Å². The average Bonchev–Trinajstić information content (AvgIpc) is 3.21. The summed E-state index contributed by atoms with van der Waals surface area (Å²) in [6, 6.07) is 6.15. The van der Waals surface area contributed by atoms with Crippen molar-refractivity contribution in [3.8, 4) is 0 Å². The fraction of sp³-hybridized carbons (Fsp3) is 0.208. The standard InChI is InChI=1S/C24H23BrFN9O3/c1-33-16(11-28-24(33)34(37)38)13-35(2,3)8-4-5-22(36)32-21-10-17-20(12-27-21)29-14-30-23(17)31-15-6-7-19(26)18(25)9-15/h4-7,9-12,14H,8,13H2,1-3H3,(H-,27,29,30,31,32,36)/p+1. The highest BCUT2D eigenvalue weighted by Crippen LogP contribution is 2.27. The summed E-state index contributed by atoms with van der Waals surface area (Å²) >= 11 is 3.17. The molecule has 0 aliphatic rings. The van der Waals surface area contributed by atoms with Crippen LogP contribution in [0.4, 0.5) is 27.7 Å². The SMILES string of the molecule is Cn1c(C[N+](C)(C)CC=CC(=O)Nc2cc3c(Nc4ccc(F)c(Br)c4)ncnc3cn2)cnc1[N+](=O)[O-]. The van der Waals surface area contributed by atoms with Crippen molar-refractivity contribution < 1.29 is 18.6 Å². The number of anilines is 3. The minimum Gasteiger partial charge on any atom is -0.390 e. The first-order chi connectivity index (χ1) is 18.0. The molecule has 0 aliphatic carbocycles. The van der Waals surface area contributed by atoms with Crippen LogP contribution in [0.5, 0.6) is 0 Å². The molecular formula is C24H24BrFN9O3+. The molecule has 1 amide bonds. The first-order valence-electron chi connectivity index (χ1n) is 11.3. The quantitative estimate of drug-likeness (QED) is 0.130. The first-order valence-corrected chi connectivity index (χ1v) is 12.1. The van der Waals surface area contributed by atoms with E-state index in [-0.39, 0.29) is 17.7 Å². The molecule has 0 aliphatic heterocycles. The molecule has 3 heterocycles. The van der Waals surface area contributed by atoms with E-state index in [2.05, 4.69) is 46.5 Å². The zero-order chi connectivity index (χ0) is 27.4. The maximum absolute atomic E-state index is 13.6. The van der Waals surface area contributed by atoms with Crippen molar-refractivity contribution in [1.82, 2.24) is 24.5 Å². The number of pyridine rings is 1. The zero-order valence-corrected chi connectivity index (χ0v) is 22.3. The van der Waals surface area contributed by atoms with Gasteiger partial charge in [0.25, 0.3) is 0 Å². The number of benzene rings is 1. The largest absolute Gasteiger partial charge is 0.434 e. The summed E-state index contributed by atoms with van der Waals surface area (Å²) in [5, 5.41) is 17.5. The van der Waals surface area contributed by atoms with Crippen molar-refractivity contribution >= 4 is 56.0 Å². The van der Waals surface area contributed by atoms with Crippen LogP contribution in [-0.2, 0) is 18.4 Å². The number of carbonyl (C=O) groups is 1. The number of nitrogens with one attached hydrogen (secondary N) is 2. The lowest BCUT2D eigenvalue weighted by Crippen LogP contribution is -2.39. The summed E-state index contributed by atoms with van der Waals surface area (Å²) in [4.78, 5) is 39.6. The summed E-state index contributed by atoms with van der Waals surface area (Å²) in [5.41, 5.74) is 1.89. The molecule has 38 heavy (non-hydrogen) atoms. The fourth-order valence-electron chi connectivity index (χ4n) is 3.70.